The Hall–Kier alpha value is -1.46. The molecule has 0 atom stereocenters. The molecule has 0 heterocycles. The van der Waals surface area contributed by atoms with E-state index in [1.165, 1.54) is 0 Å². The van der Waals surface area contributed by atoms with E-state index >= 15 is 0 Å². The van der Waals surface area contributed by atoms with Crippen molar-refractivity contribution in [2.75, 3.05) is 66.0 Å². The minimum Gasteiger partial charge on any atom is -0.443 e. The fourth-order valence-corrected chi connectivity index (χ4v) is 1.98. The predicted molar refractivity (Wildman–Crippen MR) is 114 cm³/mol. The van der Waals surface area contributed by atoms with Crippen molar-refractivity contribution < 1.29 is 43.1 Å². The first kappa shape index (κ1) is 29.5. The molecular weight excluding hydrogens is 410 g/mol. The van der Waals surface area contributed by atoms with Gasteiger partial charge < -0.3 is 33.5 Å². The molecule has 31 heavy (non-hydrogen) atoms. The number of hydrogen-bond donors (Lipinski definition) is 1. The van der Waals surface area contributed by atoms with Crippen LogP contribution in [-0.4, -0.2) is 99.4 Å². The van der Waals surface area contributed by atoms with E-state index in [2.05, 4.69) is 0 Å². The number of rotatable bonds is 15. The third-order valence-corrected chi connectivity index (χ3v) is 3.25. The summed E-state index contributed by atoms with van der Waals surface area (Å²) in [6.07, 6.45) is -0.936. The SMILES string of the molecule is CC(C)(C)OC(=O)N(CCOCCOCCOCCOCCCO)C(=O)OC(C)(C)C. The number of ether oxygens (including phenoxy) is 6. The van der Waals surface area contributed by atoms with Crippen molar-refractivity contribution in [1.29, 1.82) is 0 Å². The molecule has 10 heteroatoms. The highest BCUT2D eigenvalue weighted by Gasteiger charge is 2.30. The quantitative estimate of drug-likeness (QED) is 0.375. The number of imide groups is 1. The predicted octanol–water partition coefficient (Wildman–Crippen LogP) is 2.61. The van der Waals surface area contributed by atoms with E-state index in [0.717, 1.165) is 4.90 Å². The van der Waals surface area contributed by atoms with E-state index in [0.29, 0.717) is 52.7 Å². The van der Waals surface area contributed by atoms with Gasteiger partial charge in [-0.15, -0.1) is 0 Å². The molecule has 0 aliphatic rings. The van der Waals surface area contributed by atoms with Gasteiger partial charge in [0.05, 0.1) is 52.8 Å². The van der Waals surface area contributed by atoms with E-state index in [-0.39, 0.29) is 19.8 Å². The normalized spacial score (nSPS) is 12.0. The molecule has 0 saturated heterocycles. The summed E-state index contributed by atoms with van der Waals surface area (Å²) in [6, 6.07) is 0. The van der Waals surface area contributed by atoms with Crippen molar-refractivity contribution in [3.63, 3.8) is 0 Å². The molecule has 0 aromatic heterocycles. The molecule has 0 saturated carbocycles. The van der Waals surface area contributed by atoms with Crippen LogP contribution in [0.5, 0.6) is 0 Å². The Bertz CT molecular complexity index is 458. The highest BCUT2D eigenvalue weighted by molar-refractivity contribution is 5.88. The molecular formula is C21H41NO9. The number of nitrogens with zero attached hydrogens (tertiary/aromatic N) is 1. The van der Waals surface area contributed by atoms with Gasteiger partial charge in [0.2, 0.25) is 0 Å². The highest BCUT2D eigenvalue weighted by atomic mass is 16.6. The molecule has 2 amide bonds. The number of aliphatic hydroxyl groups is 1. The van der Waals surface area contributed by atoms with Gasteiger partial charge in [0.15, 0.2) is 0 Å². The number of amides is 2. The largest absolute Gasteiger partial charge is 0.443 e. The van der Waals surface area contributed by atoms with E-state index in [1.807, 2.05) is 0 Å². The average Bonchev–Trinajstić information content (AvgIpc) is 2.61. The Morgan fingerprint density at radius 1 is 0.645 bits per heavy atom. The topological polar surface area (TPSA) is 113 Å². The van der Waals surface area contributed by atoms with Crippen LogP contribution in [-0.2, 0) is 28.4 Å². The summed E-state index contributed by atoms with van der Waals surface area (Å²) in [5.41, 5.74) is -1.47. The Labute approximate surface area is 186 Å². The van der Waals surface area contributed by atoms with Crippen molar-refractivity contribution in [2.24, 2.45) is 0 Å². The number of hydrogen-bond acceptors (Lipinski definition) is 9. The fourth-order valence-electron chi connectivity index (χ4n) is 1.98. The standard InChI is InChI=1S/C21H41NO9/c1-20(2,3)30-18(24)22(19(25)31-21(4,5)6)8-11-27-13-15-29-17-16-28-14-12-26-10-7-9-23/h23H,7-17H2,1-6H3. The smallest absolute Gasteiger partial charge is 0.419 e. The maximum atomic E-state index is 12.3. The lowest BCUT2D eigenvalue weighted by atomic mass is 10.2. The number of aliphatic hydroxyl groups excluding tert-OH is 1. The van der Waals surface area contributed by atoms with Crippen molar-refractivity contribution in [3.8, 4) is 0 Å². The van der Waals surface area contributed by atoms with E-state index < -0.39 is 23.4 Å². The van der Waals surface area contributed by atoms with Crippen molar-refractivity contribution >= 4 is 12.2 Å². The lowest BCUT2D eigenvalue weighted by Crippen LogP contribution is -2.45. The van der Waals surface area contributed by atoms with Gasteiger partial charge in [0.25, 0.3) is 0 Å². The summed E-state index contributed by atoms with van der Waals surface area (Å²) in [6.45, 7) is 13.6. The molecule has 1 N–H and O–H groups in total. The molecule has 0 aromatic carbocycles. The maximum Gasteiger partial charge on any atom is 0.419 e. The second kappa shape index (κ2) is 16.2. The Morgan fingerprint density at radius 3 is 1.35 bits per heavy atom. The van der Waals surface area contributed by atoms with E-state index in [1.54, 1.807) is 41.5 Å². The zero-order valence-corrected chi connectivity index (χ0v) is 19.9. The van der Waals surface area contributed by atoms with Crippen LogP contribution in [0.15, 0.2) is 0 Å². The average molecular weight is 452 g/mol. The van der Waals surface area contributed by atoms with Crippen LogP contribution in [0, 0.1) is 0 Å². The van der Waals surface area contributed by atoms with Crippen molar-refractivity contribution in [1.82, 2.24) is 4.90 Å². The zero-order valence-electron chi connectivity index (χ0n) is 19.9. The lowest BCUT2D eigenvalue weighted by molar-refractivity contribution is -0.0144. The summed E-state index contributed by atoms with van der Waals surface area (Å²) in [7, 11) is 0. The van der Waals surface area contributed by atoms with Gasteiger partial charge >= 0.3 is 12.2 Å². The van der Waals surface area contributed by atoms with Gasteiger partial charge in [-0.3, -0.25) is 0 Å². The van der Waals surface area contributed by atoms with E-state index in [9.17, 15) is 9.59 Å². The lowest BCUT2D eigenvalue weighted by Gasteiger charge is -2.28. The first-order chi connectivity index (χ1) is 14.5. The third kappa shape index (κ3) is 19.0. The first-order valence-corrected chi connectivity index (χ1v) is 10.6. The molecule has 0 aliphatic carbocycles. The van der Waals surface area contributed by atoms with Gasteiger partial charge in [0, 0.05) is 13.2 Å². The molecule has 0 rings (SSSR count). The van der Waals surface area contributed by atoms with Crippen molar-refractivity contribution in [2.45, 2.75) is 59.2 Å². The molecule has 10 nitrogen and oxygen atoms in total. The van der Waals surface area contributed by atoms with Crippen LogP contribution < -0.4 is 0 Å². The molecule has 0 radical (unpaired) electrons. The second-order valence-corrected chi connectivity index (χ2v) is 8.64. The molecule has 0 aliphatic heterocycles. The minimum atomic E-state index is -0.779. The summed E-state index contributed by atoms with van der Waals surface area (Å²) < 4.78 is 32.0. The van der Waals surface area contributed by atoms with Crippen LogP contribution in [0.3, 0.4) is 0 Å². The second-order valence-electron chi connectivity index (χ2n) is 8.64. The highest BCUT2D eigenvalue weighted by Crippen LogP contribution is 2.14. The third-order valence-electron chi connectivity index (χ3n) is 3.25. The summed E-state index contributed by atoms with van der Waals surface area (Å²) in [4.78, 5) is 25.6. The van der Waals surface area contributed by atoms with Gasteiger partial charge in [-0.05, 0) is 48.0 Å². The molecule has 0 fully saturated rings. The monoisotopic (exact) mass is 451 g/mol. The van der Waals surface area contributed by atoms with Gasteiger partial charge in [-0.2, -0.15) is 0 Å². The zero-order chi connectivity index (χ0) is 23.8. The van der Waals surface area contributed by atoms with Crippen LogP contribution in [0.4, 0.5) is 9.59 Å². The van der Waals surface area contributed by atoms with Crippen LogP contribution in [0.1, 0.15) is 48.0 Å². The maximum absolute atomic E-state index is 12.3. The number of carbonyl (C=O) groups is 2. The van der Waals surface area contributed by atoms with Gasteiger partial charge in [0.1, 0.15) is 11.2 Å². The molecule has 0 unspecified atom stereocenters. The summed E-state index contributed by atoms with van der Waals surface area (Å²) in [5.74, 6) is 0. The van der Waals surface area contributed by atoms with Crippen molar-refractivity contribution in [3.05, 3.63) is 0 Å². The Kier molecular flexibility index (Phi) is 15.4. The van der Waals surface area contributed by atoms with Crippen LogP contribution >= 0.6 is 0 Å². The van der Waals surface area contributed by atoms with Crippen LogP contribution in [0.2, 0.25) is 0 Å². The molecule has 0 bridgehead atoms. The fraction of sp³-hybridized carbons (Fsp3) is 0.905. The van der Waals surface area contributed by atoms with Gasteiger partial charge in [-0.25, -0.2) is 14.5 Å². The number of carbonyl (C=O) groups excluding carboxylic acids is 2. The Balaban J connectivity index is 4.02. The molecule has 0 aromatic rings. The summed E-state index contributed by atoms with van der Waals surface area (Å²) in [5, 5.41) is 8.62. The molecule has 184 valence electrons. The Morgan fingerprint density at radius 2 is 1.00 bits per heavy atom. The van der Waals surface area contributed by atoms with Gasteiger partial charge in [-0.1, -0.05) is 0 Å². The minimum absolute atomic E-state index is 0.00319. The first-order valence-electron chi connectivity index (χ1n) is 10.6. The molecule has 0 spiro atoms. The van der Waals surface area contributed by atoms with E-state index in [4.69, 9.17) is 33.5 Å². The van der Waals surface area contributed by atoms with Crippen LogP contribution in [0.25, 0.3) is 0 Å². The summed E-state index contributed by atoms with van der Waals surface area (Å²) >= 11 is 0.